The van der Waals surface area contributed by atoms with Gasteiger partial charge in [-0.1, -0.05) is 24.3 Å². The summed E-state index contributed by atoms with van der Waals surface area (Å²) >= 11 is 0. The van der Waals surface area contributed by atoms with Gasteiger partial charge in [0, 0.05) is 13.2 Å². The molecule has 0 aliphatic heterocycles. The lowest BCUT2D eigenvalue weighted by Gasteiger charge is -2.19. The number of carboxylic acid groups (broad SMARTS) is 1. The maximum Gasteiger partial charge on any atom is 0.336 e. The molecule has 1 aromatic carbocycles. The number of benzene rings is 1. The van der Waals surface area contributed by atoms with Crippen LogP contribution in [0.2, 0.25) is 0 Å². The third-order valence-corrected chi connectivity index (χ3v) is 3.94. The van der Waals surface area contributed by atoms with Crippen molar-refractivity contribution in [3.63, 3.8) is 0 Å². The molecular formula is C18H23NO5. The lowest BCUT2D eigenvalue weighted by molar-refractivity contribution is 0.0201. The Morgan fingerprint density at radius 1 is 1.25 bits per heavy atom. The van der Waals surface area contributed by atoms with Crippen molar-refractivity contribution in [2.45, 2.75) is 25.4 Å². The molecule has 0 unspecified atom stereocenters. The van der Waals surface area contributed by atoms with Crippen LogP contribution in [0.1, 0.15) is 40.0 Å². The van der Waals surface area contributed by atoms with Crippen LogP contribution in [0.15, 0.2) is 36.4 Å². The number of rotatable bonds is 8. The molecule has 0 spiro atoms. The summed E-state index contributed by atoms with van der Waals surface area (Å²) in [7, 11) is 0. The number of aliphatic hydroxyl groups excluding tert-OH is 1. The van der Waals surface area contributed by atoms with Crippen molar-refractivity contribution in [1.29, 1.82) is 0 Å². The van der Waals surface area contributed by atoms with Gasteiger partial charge in [-0.3, -0.25) is 4.79 Å². The average molecular weight is 333 g/mol. The molecule has 6 heteroatoms. The highest BCUT2D eigenvalue weighted by atomic mass is 16.5. The molecule has 0 saturated heterocycles. The highest BCUT2D eigenvalue weighted by molar-refractivity contribution is 6.04. The number of ether oxygens (including phenoxy) is 1. The number of aromatic carboxylic acids is 1. The van der Waals surface area contributed by atoms with E-state index in [-0.39, 0.29) is 24.3 Å². The molecule has 130 valence electrons. The highest BCUT2D eigenvalue weighted by Gasteiger charge is 2.17. The second-order valence-corrected chi connectivity index (χ2v) is 5.90. The zero-order chi connectivity index (χ0) is 17.4. The standard InChI is InChI=1S/C18H23NO5/c20-14(12-24-11-13-6-2-1-3-7-13)10-19-17(21)15-8-4-5-9-16(15)18(22)23/h1-2,4-5,8-9,13-14,20H,3,6-7,10-12H2,(H,19,21)(H,22,23)/t13-,14-/m0/s1. The average Bonchev–Trinajstić information content (AvgIpc) is 2.60. The van der Waals surface area contributed by atoms with Crippen LogP contribution < -0.4 is 5.32 Å². The molecule has 1 aliphatic carbocycles. The summed E-state index contributed by atoms with van der Waals surface area (Å²) in [5.74, 6) is -1.20. The van der Waals surface area contributed by atoms with Crippen LogP contribution in [-0.4, -0.2) is 48.0 Å². The van der Waals surface area contributed by atoms with Gasteiger partial charge in [-0.05, 0) is 37.3 Å². The van der Waals surface area contributed by atoms with Crippen LogP contribution in [-0.2, 0) is 4.74 Å². The van der Waals surface area contributed by atoms with Gasteiger partial charge in [0.25, 0.3) is 5.91 Å². The van der Waals surface area contributed by atoms with Crippen molar-refractivity contribution in [1.82, 2.24) is 5.32 Å². The van der Waals surface area contributed by atoms with Gasteiger partial charge in [0.2, 0.25) is 0 Å². The summed E-state index contributed by atoms with van der Waals surface area (Å²) in [5, 5.41) is 21.5. The van der Waals surface area contributed by atoms with Gasteiger partial charge >= 0.3 is 5.97 Å². The van der Waals surface area contributed by atoms with Crippen LogP contribution in [0.4, 0.5) is 0 Å². The van der Waals surface area contributed by atoms with Crippen molar-refractivity contribution in [3.8, 4) is 0 Å². The molecule has 0 aromatic heterocycles. The van der Waals surface area contributed by atoms with Crippen molar-refractivity contribution >= 4 is 11.9 Å². The predicted octanol–water partition coefficient (Wildman–Crippen LogP) is 1.85. The van der Waals surface area contributed by atoms with Crippen molar-refractivity contribution < 1.29 is 24.5 Å². The van der Waals surface area contributed by atoms with Crippen LogP contribution in [0, 0.1) is 5.92 Å². The lowest BCUT2D eigenvalue weighted by atomic mass is 9.95. The maximum atomic E-state index is 12.1. The van der Waals surface area contributed by atoms with Gasteiger partial charge in [-0.25, -0.2) is 4.79 Å². The molecule has 0 bridgehead atoms. The topological polar surface area (TPSA) is 95.9 Å². The lowest BCUT2D eigenvalue weighted by Crippen LogP contribution is -2.35. The first-order valence-electron chi connectivity index (χ1n) is 8.09. The molecule has 6 nitrogen and oxygen atoms in total. The van der Waals surface area contributed by atoms with Gasteiger partial charge in [0.1, 0.15) is 0 Å². The van der Waals surface area contributed by atoms with Crippen LogP contribution in [0.3, 0.4) is 0 Å². The Bertz CT molecular complexity index is 599. The summed E-state index contributed by atoms with van der Waals surface area (Å²) in [6, 6.07) is 5.97. The highest BCUT2D eigenvalue weighted by Crippen LogP contribution is 2.18. The Morgan fingerprint density at radius 2 is 2.00 bits per heavy atom. The summed E-state index contributed by atoms with van der Waals surface area (Å²) in [6.07, 6.45) is 6.64. The first kappa shape index (κ1) is 18.2. The minimum atomic E-state index is -1.16. The monoisotopic (exact) mass is 333 g/mol. The summed E-state index contributed by atoms with van der Waals surface area (Å²) < 4.78 is 5.51. The fourth-order valence-corrected chi connectivity index (χ4v) is 2.61. The molecule has 0 radical (unpaired) electrons. The number of carbonyl (C=O) groups is 2. The van der Waals surface area contributed by atoms with Gasteiger partial charge in [0.05, 0.1) is 23.8 Å². The third-order valence-electron chi connectivity index (χ3n) is 3.94. The predicted molar refractivity (Wildman–Crippen MR) is 89.0 cm³/mol. The molecule has 3 N–H and O–H groups in total. The normalized spacial score (nSPS) is 18.1. The van der Waals surface area contributed by atoms with E-state index >= 15 is 0 Å². The fraction of sp³-hybridized carbons (Fsp3) is 0.444. The second-order valence-electron chi connectivity index (χ2n) is 5.90. The molecule has 0 saturated carbocycles. The number of hydrogen-bond donors (Lipinski definition) is 3. The van der Waals surface area contributed by atoms with Crippen LogP contribution in [0.5, 0.6) is 0 Å². The molecule has 1 aromatic rings. The molecule has 1 amide bonds. The van der Waals surface area contributed by atoms with Crippen LogP contribution >= 0.6 is 0 Å². The maximum absolute atomic E-state index is 12.1. The Kier molecular flexibility index (Phi) is 6.96. The first-order valence-corrected chi connectivity index (χ1v) is 8.09. The molecule has 0 heterocycles. The molecule has 2 atom stereocenters. The smallest absolute Gasteiger partial charge is 0.336 e. The number of nitrogens with one attached hydrogen (secondary N) is 1. The number of hydrogen-bond acceptors (Lipinski definition) is 4. The zero-order valence-corrected chi connectivity index (χ0v) is 13.5. The summed E-state index contributed by atoms with van der Waals surface area (Å²) in [5.41, 5.74) is 0.0122. The minimum absolute atomic E-state index is 0.0113. The van der Waals surface area contributed by atoms with E-state index in [1.54, 1.807) is 12.1 Å². The van der Waals surface area contributed by atoms with Gasteiger partial charge < -0.3 is 20.3 Å². The Hall–Kier alpha value is -2.18. The molecule has 2 rings (SSSR count). The number of carboxylic acids is 1. The van der Waals surface area contributed by atoms with E-state index in [2.05, 4.69) is 17.5 Å². The number of carbonyl (C=O) groups excluding carboxylic acids is 1. The largest absolute Gasteiger partial charge is 0.478 e. The Morgan fingerprint density at radius 3 is 2.67 bits per heavy atom. The molecule has 0 fully saturated rings. The summed E-state index contributed by atoms with van der Waals surface area (Å²) in [6.45, 7) is 0.746. The SMILES string of the molecule is O=C(O)c1ccccc1C(=O)NC[C@H](O)COC[C@H]1CC=CCC1. The van der Waals surface area contributed by atoms with E-state index in [1.165, 1.54) is 12.1 Å². The van der Waals surface area contributed by atoms with E-state index < -0.39 is 18.0 Å². The van der Waals surface area contributed by atoms with Crippen molar-refractivity contribution in [2.75, 3.05) is 19.8 Å². The van der Waals surface area contributed by atoms with E-state index in [4.69, 9.17) is 9.84 Å². The Labute approximate surface area is 141 Å². The van der Waals surface area contributed by atoms with E-state index in [9.17, 15) is 14.7 Å². The number of aliphatic hydroxyl groups is 1. The number of amides is 1. The van der Waals surface area contributed by atoms with Gasteiger partial charge in [0.15, 0.2) is 0 Å². The summed E-state index contributed by atoms with van der Waals surface area (Å²) in [4.78, 5) is 23.2. The number of allylic oxidation sites excluding steroid dienone is 2. The van der Waals surface area contributed by atoms with Crippen LogP contribution in [0.25, 0.3) is 0 Å². The van der Waals surface area contributed by atoms with Crippen molar-refractivity contribution in [3.05, 3.63) is 47.5 Å². The van der Waals surface area contributed by atoms with E-state index in [1.807, 2.05) is 0 Å². The third kappa shape index (κ3) is 5.47. The van der Waals surface area contributed by atoms with Gasteiger partial charge in [-0.15, -0.1) is 0 Å². The fourth-order valence-electron chi connectivity index (χ4n) is 2.61. The first-order chi connectivity index (χ1) is 11.6. The molecule has 1 aliphatic rings. The van der Waals surface area contributed by atoms with Gasteiger partial charge in [-0.2, -0.15) is 0 Å². The molecule has 24 heavy (non-hydrogen) atoms. The molecular weight excluding hydrogens is 310 g/mol. The van der Waals surface area contributed by atoms with E-state index in [0.717, 1.165) is 19.3 Å². The van der Waals surface area contributed by atoms with E-state index in [0.29, 0.717) is 12.5 Å². The Balaban J connectivity index is 1.73. The zero-order valence-electron chi connectivity index (χ0n) is 13.5. The quantitative estimate of drug-likeness (QED) is 0.631. The van der Waals surface area contributed by atoms with Crippen molar-refractivity contribution in [2.24, 2.45) is 5.92 Å². The second kappa shape index (κ2) is 9.20. The minimum Gasteiger partial charge on any atom is -0.478 e.